The van der Waals surface area contributed by atoms with E-state index >= 15 is 0 Å². The van der Waals surface area contributed by atoms with Crippen molar-refractivity contribution in [2.75, 3.05) is 19.7 Å². The molecule has 1 fully saturated rings. The van der Waals surface area contributed by atoms with Crippen molar-refractivity contribution in [2.45, 2.75) is 12.8 Å². The molecule has 1 saturated heterocycles. The van der Waals surface area contributed by atoms with Crippen LogP contribution in [0, 0.1) is 5.92 Å². The van der Waals surface area contributed by atoms with Crippen molar-refractivity contribution >= 4 is 12.0 Å². The molecule has 1 aromatic rings. The van der Waals surface area contributed by atoms with Gasteiger partial charge in [0.05, 0.1) is 5.69 Å². The number of amides is 1. The molecule has 98 valence electrons. The van der Waals surface area contributed by atoms with Gasteiger partial charge >= 0.3 is 0 Å². The van der Waals surface area contributed by atoms with E-state index in [1.165, 1.54) is 0 Å². The van der Waals surface area contributed by atoms with Crippen LogP contribution < -0.4 is 0 Å². The van der Waals surface area contributed by atoms with Gasteiger partial charge in [-0.25, -0.2) is 0 Å². The third-order valence-electron chi connectivity index (χ3n) is 3.34. The molecule has 0 aliphatic carbocycles. The number of aryl methyl sites for hydroxylation is 1. The standard InChI is InChI=1S/C13H19N3O2/c1-15-12(6-7-14-15)4-5-13(18)16-8-2-3-11(9-16)10-17/h4-7,11,17H,2-3,8-10H2,1H3/b5-4+. The lowest BCUT2D eigenvalue weighted by Crippen LogP contribution is -2.40. The molecule has 1 atom stereocenters. The highest BCUT2D eigenvalue weighted by atomic mass is 16.3. The maximum Gasteiger partial charge on any atom is 0.246 e. The van der Waals surface area contributed by atoms with Crippen LogP contribution in [0.2, 0.25) is 0 Å². The molecule has 0 saturated carbocycles. The molecule has 1 aromatic heterocycles. The van der Waals surface area contributed by atoms with Gasteiger partial charge in [-0.15, -0.1) is 0 Å². The molecule has 2 rings (SSSR count). The molecule has 1 N–H and O–H groups in total. The van der Waals surface area contributed by atoms with Gasteiger partial charge in [-0.1, -0.05) is 0 Å². The van der Waals surface area contributed by atoms with Crippen LogP contribution in [-0.4, -0.2) is 45.4 Å². The van der Waals surface area contributed by atoms with E-state index < -0.39 is 0 Å². The van der Waals surface area contributed by atoms with Gasteiger partial charge in [-0.05, 0) is 30.9 Å². The number of hydrogen-bond donors (Lipinski definition) is 1. The Labute approximate surface area is 107 Å². The predicted octanol–water partition coefficient (Wildman–Crippen LogP) is 0.664. The Morgan fingerprint density at radius 3 is 3.17 bits per heavy atom. The molecule has 0 bridgehead atoms. The summed E-state index contributed by atoms with van der Waals surface area (Å²) in [5.74, 6) is 0.238. The first kappa shape index (κ1) is 12.8. The average Bonchev–Trinajstić information content (AvgIpc) is 2.81. The largest absolute Gasteiger partial charge is 0.396 e. The van der Waals surface area contributed by atoms with E-state index in [1.807, 2.05) is 13.1 Å². The van der Waals surface area contributed by atoms with Crippen LogP contribution in [0.15, 0.2) is 18.3 Å². The smallest absolute Gasteiger partial charge is 0.246 e. The number of likely N-dealkylation sites (tertiary alicyclic amines) is 1. The fourth-order valence-corrected chi connectivity index (χ4v) is 2.22. The van der Waals surface area contributed by atoms with Gasteiger partial charge in [-0.2, -0.15) is 5.10 Å². The van der Waals surface area contributed by atoms with Crippen molar-refractivity contribution in [3.8, 4) is 0 Å². The molecule has 0 radical (unpaired) electrons. The van der Waals surface area contributed by atoms with Gasteiger partial charge in [0.2, 0.25) is 5.91 Å². The molecule has 0 spiro atoms. The fourth-order valence-electron chi connectivity index (χ4n) is 2.22. The summed E-state index contributed by atoms with van der Waals surface area (Å²) < 4.78 is 1.72. The number of aliphatic hydroxyl groups is 1. The molecule has 0 aromatic carbocycles. The lowest BCUT2D eigenvalue weighted by Gasteiger charge is -2.31. The Hall–Kier alpha value is -1.62. The zero-order valence-corrected chi connectivity index (χ0v) is 10.6. The summed E-state index contributed by atoms with van der Waals surface area (Å²) in [6.07, 6.45) is 7.03. The molecule has 5 heteroatoms. The topological polar surface area (TPSA) is 58.4 Å². The minimum absolute atomic E-state index is 0.00866. The number of piperidine rings is 1. The Balaban J connectivity index is 1.95. The van der Waals surface area contributed by atoms with E-state index in [1.54, 1.807) is 27.9 Å². The second kappa shape index (κ2) is 5.82. The lowest BCUT2D eigenvalue weighted by molar-refractivity contribution is -0.127. The predicted molar refractivity (Wildman–Crippen MR) is 68.6 cm³/mol. The fraction of sp³-hybridized carbons (Fsp3) is 0.538. The summed E-state index contributed by atoms with van der Waals surface area (Å²) in [5.41, 5.74) is 0.902. The second-order valence-corrected chi connectivity index (χ2v) is 4.69. The molecule has 1 aliphatic rings. The van der Waals surface area contributed by atoms with Crippen LogP contribution >= 0.6 is 0 Å². The third kappa shape index (κ3) is 2.98. The van der Waals surface area contributed by atoms with Gasteiger partial charge in [0, 0.05) is 39.0 Å². The molecule has 1 amide bonds. The van der Waals surface area contributed by atoms with Crippen molar-refractivity contribution < 1.29 is 9.90 Å². The van der Waals surface area contributed by atoms with Gasteiger partial charge in [0.15, 0.2) is 0 Å². The summed E-state index contributed by atoms with van der Waals surface area (Å²) in [6.45, 7) is 1.60. The molecule has 1 unspecified atom stereocenters. The average molecular weight is 249 g/mol. The number of carbonyl (C=O) groups is 1. The van der Waals surface area contributed by atoms with Crippen molar-refractivity contribution in [1.82, 2.24) is 14.7 Å². The third-order valence-corrected chi connectivity index (χ3v) is 3.34. The lowest BCUT2D eigenvalue weighted by atomic mass is 9.99. The Bertz CT molecular complexity index is 439. The van der Waals surface area contributed by atoms with Gasteiger partial charge in [0.25, 0.3) is 0 Å². The first-order chi connectivity index (χ1) is 8.70. The number of nitrogens with zero attached hydrogens (tertiary/aromatic N) is 3. The first-order valence-electron chi connectivity index (χ1n) is 6.26. The van der Waals surface area contributed by atoms with Crippen molar-refractivity contribution in [3.63, 3.8) is 0 Å². The summed E-state index contributed by atoms with van der Waals surface area (Å²) in [4.78, 5) is 13.8. The molecular weight excluding hydrogens is 230 g/mol. The molecule has 1 aliphatic heterocycles. The van der Waals surface area contributed by atoms with Crippen molar-refractivity contribution in [3.05, 3.63) is 24.0 Å². The Morgan fingerprint density at radius 1 is 1.67 bits per heavy atom. The van der Waals surface area contributed by atoms with E-state index in [4.69, 9.17) is 5.11 Å². The van der Waals surface area contributed by atoms with Crippen molar-refractivity contribution in [2.24, 2.45) is 13.0 Å². The number of hydrogen-bond acceptors (Lipinski definition) is 3. The highest BCUT2D eigenvalue weighted by Gasteiger charge is 2.21. The van der Waals surface area contributed by atoms with E-state index in [0.29, 0.717) is 6.54 Å². The number of aliphatic hydroxyl groups excluding tert-OH is 1. The monoisotopic (exact) mass is 249 g/mol. The normalized spacial score (nSPS) is 20.6. The van der Waals surface area contributed by atoms with Crippen LogP contribution in [0.4, 0.5) is 0 Å². The quantitative estimate of drug-likeness (QED) is 0.801. The number of carbonyl (C=O) groups excluding carboxylic acids is 1. The Kier molecular flexibility index (Phi) is 4.15. The SMILES string of the molecule is Cn1nccc1/C=C/C(=O)N1CCCC(CO)C1. The van der Waals surface area contributed by atoms with Crippen LogP contribution in [0.3, 0.4) is 0 Å². The maximum absolute atomic E-state index is 12.0. The summed E-state index contributed by atoms with van der Waals surface area (Å²) in [6, 6.07) is 1.86. The van der Waals surface area contributed by atoms with Gasteiger partial charge in [0.1, 0.15) is 0 Å². The van der Waals surface area contributed by atoms with E-state index in [0.717, 1.165) is 25.1 Å². The number of aromatic nitrogens is 2. The maximum atomic E-state index is 12.0. The second-order valence-electron chi connectivity index (χ2n) is 4.69. The highest BCUT2D eigenvalue weighted by molar-refractivity contribution is 5.91. The number of rotatable bonds is 3. The molecule has 18 heavy (non-hydrogen) atoms. The summed E-state index contributed by atoms with van der Waals surface area (Å²) >= 11 is 0. The van der Waals surface area contributed by atoms with Gasteiger partial charge in [-0.3, -0.25) is 9.48 Å². The van der Waals surface area contributed by atoms with Crippen LogP contribution in [-0.2, 0) is 11.8 Å². The van der Waals surface area contributed by atoms with Crippen LogP contribution in [0.25, 0.3) is 6.08 Å². The summed E-state index contributed by atoms with van der Waals surface area (Å²) in [7, 11) is 1.84. The summed E-state index contributed by atoms with van der Waals surface area (Å²) in [5, 5.41) is 13.2. The molecule has 2 heterocycles. The van der Waals surface area contributed by atoms with E-state index in [9.17, 15) is 4.79 Å². The zero-order valence-electron chi connectivity index (χ0n) is 10.6. The van der Waals surface area contributed by atoms with Gasteiger partial charge < -0.3 is 10.0 Å². The van der Waals surface area contributed by atoms with Crippen molar-refractivity contribution in [1.29, 1.82) is 0 Å². The van der Waals surface area contributed by atoms with E-state index in [2.05, 4.69) is 5.10 Å². The Morgan fingerprint density at radius 2 is 2.50 bits per heavy atom. The molecule has 5 nitrogen and oxygen atoms in total. The van der Waals surface area contributed by atoms with Crippen LogP contribution in [0.1, 0.15) is 18.5 Å². The zero-order chi connectivity index (χ0) is 13.0. The minimum atomic E-state index is 0.00866. The van der Waals surface area contributed by atoms with Crippen LogP contribution in [0.5, 0.6) is 0 Å². The highest BCUT2D eigenvalue weighted by Crippen LogP contribution is 2.16. The van der Waals surface area contributed by atoms with E-state index in [-0.39, 0.29) is 18.4 Å². The molecular formula is C13H19N3O2. The minimum Gasteiger partial charge on any atom is -0.396 e. The first-order valence-corrected chi connectivity index (χ1v) is 6.26.